The first-order chi connectivity index (χ1) is 10.8. The number of ether oxygens (including phenoxy) is 2. The zero-order valence-electron chi connectivity index (χ0n) is 13.2. The van der Waals surface area contributed by atoms with E-state index in [0.29, 0.717) is 13.1 Å². The Morgan fingerprint density at radius 1 is 0.955 bits per heavy atom. The van der Waals surface area contributed by atoms with Gasteiger partial charge in [0.1, 0.15) is 11.5 Å². The van der Waals surface area contributed by atoms with Crippen LogP contribution in [0.5, 0.6) is 11.5 Å². The average Bonchev–Trinajstić information content (AvgIpc) is 2.56. The summed E-state index contributed by atoms with van der Waals surface area (Å²) in [5.41, 5.74) is 2.27. The van der Waals surface area contributed by atoms with Crippen molar-refractivity contribution in [2.45, 2.75) is 13.1 Å². The fourth-order valence-electron chi connectivity index (χ4n) is 2.44. The maximum atomic E-state index is 9.32. The second-order valence-electron chi connectivity index (χ2n) is 5.10. The predicted octanol–water partition coefficient (Wildman–Crippen LogP) is 2.70. The molecule has 0 aromatic heterocycles. The molecule has 0 saturated carbocycles. The van der Waals surface area contributed by atoms with Gasteiger partial charge in [0, 0.05) is 25.2 Å². The topological polar surface area (TPSA) is 41.9 Å². The fourth-order valence-corrected chi connectivity index (χ4v) is 2.44. The highest BCUT2D eigenvalue weighted by atomic mass is 16.5. The first-order valence-corrected chi connectivity index (χ1v) is 7.35. The van der Waals surface area contributed by atoms with Gasteiger partial charge in [-0.05, 0) is 23.8 Å². The van der Waals surface area contributed by atoms with Gasteiger partial charge in [-0.2, -0.15) is 0 Å². The van der Waals surface area contributed by atoms with Crippen LogP contribution in [0.2, 0.25) is 0 Å². The summed E-state index contributed by atoms with van der Waals surface area (Å²) in [4.78, 5) is 2.19. The number of hydrogen-bond acceptors (Lipinski definition) is 4. The second kappa shape index (κ2) is 8.41. The second-order valence-corrected chi connectivity index (χ2v) is 5.10. The smallest absolute Gasteiger partial charge is 0.123 e. The number of aliphatic hydroxyl groups is 1. The fraction of sp³-hybridized carbons (Fsp3) is 0.333. The lowest BCUT2D eigenvalue weighted by molar-refractivity contribution is 0.182. The number of benzene rings is 2. The van der Waals surface area contributed by atoms with Gasteiger partial charge in [0.05, 0.1) is 20.8 Å². The summed E-state index contributed by atoms with van der Waals surface area (Å²) in [7, 11) is 3.32. The van der Waals surface area contributed by atoms with Crippen LogP contribution in [0.1, 0.15) is 11.1 Å². The Morgan fingerprint density at radius 3 is 2.36 bits per heavy atom. The third kappa shape index (κ3) is 4.48. The van der Waals surface area contributed by atoms with Crippen molar-refractivity contribution in [2.75, 3.05) is 27.4 Å². The van der Waals surface area contributed by atoms with Crippen LogP contribution in [-0.2, 0) is 13.1 Å². The molecule has 0 radical (unpaired) electrons. The number of methoxy groups -OCH3 is 2. The van der Waals surface area contributed by atoms with Gasteiger partial charge < -0.3 is 14.6 Å². The number of rotatable bonds is 8. The van der Waals surface area contributed by atoms with Gasteiger partial charge in [-0.3, -0.25) is 4.90 Å². The minimum Gasteiger partial charge on any atom is -0.497 e. The van der Waals surface area contributed by atoms with Gasteiger partial charge >= 0.3 is 0 Å². The van der Waals surface area contributed by atoms with Crippen LogP contribution in [0.4, 0.5) is 0 Å². The molecule has 4 heteroatoms. The maximum Gasteiger partial charge on any atom is 0.123 e. The largest absolute Gasteiger partial charge is 0.497 e. The highest BCUT2D eigenvalue weighted by Gasteiger charge is 2.11. The molecule has 2 rings (SSSR count). The molecule has 0 heterocycles. The van der Waals surface area contributed by atoms with E-state index in [1.54, 1.807) is 14.2 Å². The third-order valence-corrected chi connectivity index (χ3v) is 3.55. The molecule has 22 heavy (non-hydrogen) atoms. The first-order valence-electron chi connectivity index (χ1n) is 7.35. The van der Waals surface area contributed by atoms with Crippen molar-refractivity contribution in [3.8, 4) is 11.5 Å². The molecule has 2 aromatic carbocycles. The summed E-state index contributed by atoms with van der Waals surface area (Å²) < 4.78 is 10.7. The SMILES string of the molecule is COc1ccc(OC)c(CN(CCO)Cc2ccccc2)c1. The highest BCUT2D eigenvalue weighted by molar-refractivity contribution is 5.40. The van der Waals surface area contributed by atoms with E-state index >= 15 is 0 Å². The molecule has 4 nitrogen and oxygen atoms in total. The van der Waals surface area contributed by atoms with Crippen LogP contribution >= 0.6 is 0 Å². The van der Waals surface area contributed by atoms with Crippen LogP contribution in [0.3, 0.4) is 0 Å². The van der Waals surface area contributed by atoms with E-state index in [4.69, 9.17) is 9.47 Å². The zero-order chi connectivity index (χ0) is 15.8. The Hall–Kier alpha value is -2.04. The lowest BCUT2D eigenvalue weighted by atomic mass is 10.1. The lowest BCUT2D eigenvalue weighted by Gasteiger charge is -2.23. The Bertz CT molecular complexity index is 572. The quantitative estimate of drug-likeness (QED) is 0.814. The molecule has 0 fully saturated rings. The van der Waals surface area contributed by atoms with Crippen LogP contribution in [0, 0.1) is 0 Å². The third-order valence-electron chi connectivity index (χ3n) is 3.55. The summed E-state index contributed by atoms with van der Waals surface area (Å²) in [5, 5.41) is 9.32. The molecule has 0 amide bonds. The van der Waals surface area contributed by atoms with E-state index in [1.165, 1.54) is 5.56 Å². The van der Waals surface area contributed by atoms with Crippen molar-refractivity contribution in [2.24, 2.45) is 0 Å². The van der Waals surface area contributed by atoms with Crippen LogP contribution < -0.4 is 9.47 Å². The number of aliphatic hydroxyl groups excluding tert-OH is 1. The van der Waals surface area contributed by atoms with E-state index in [1.807, 2.05) is 36.4 Å². The molecular formula is C18H23NO3. The van der Waals surface area contributed by atoms with E-state index in [0.717, 1.165) is 23.6 Å². The molecule has 0 saturated heterocycles. The standard InChI is InChI=1S/C18H23NO3/c1-21-17-8-9-18(22-2)16(12-17)14-19(10-11-20)13-15-6-4-3-5-7-15/h3-9,12,20H,10-11,13-14H2,1-2H3. The van der Waals surface area contributed by atoms with Crippen molar-refractivity contribution in [3.05, 3.63) is 59.7 Å². The molecule has 0 bridgehead atoms. The highest BCUT2D eigenvalue weighted by Crippen LogP contribution is 2.25. The predicted molar refractivity (Wildman–Crippen MR) is 87.2 cm³/mol. The van der Waals surface area contributed by atoms with Gasteiger partial charge in [-0.15, -0.1) is 0 Å². The molecule has 2 aromatic rings. The molecule has 0 aliphatic heterocycles. The molecule has 0 aliphatic rings. The minimum atomic E-state index is 0.124. The van der Waals surface area contributed by atoms with Crippen molar-refractivity contribution in [3.63, 3.8) is 0 Å². The van der Waals surface area contributed by atoms with Gasteiger partial charge in [0.25, 0.3) is 0 Å². The number of hydrogen-bond donors (Lipinski definition) is 1. The van der Waals surface area contributed by atoms with E-state index < -0.39 is 0 Å². The Kier molecular flexibility index (Phi) is 6.25. The molecule has 1 N–H and O–H groups in total. The summed E-state index contributed by atoms with van der Waals surface area (Å²) >= 11 is 0. The van der Waals surface area contributed by atoms with Crippen LogP contribution in [0.25, 0.3) is 0 Å². The number of nitrogens with zero attached hydrogens (tertiary/aromatic N) is 1. The zero-order valence-corrected chi connectivity index (χ0v) is 13.2. The Labute approximate surface area is 131 Å². The van der Waals surface area contributed by atoms with E-state index in [2.05, 4.69) is 17.0 Å². The van der Waals surface area contributed by atoms with Gasteiger partial charge in [0.2, 0.25) is 0 Å². The monoisotopic (exact) mass is 301 g/mol. The van der Waals surface area contributed by atoms with E-state index in [-0.39, 0.29) is 6.61 Å². The normalized spacial score (nSPS) is 10.7. The van der Waals surface area contributed by atoms with Crippen LogP contribution in [-0.4, -0.2) is 37.4 Å². The summed E-state index contributed by atoms with van der Waals surface area (Å²) in [6.45, 7) is 2.20. The Balaban J connectivity index is 2.16. The minimum absolute atomic E-state index is 0.124. The van der Waals surface area contributed by atoms with Gasteiger partial charge in [-0.25, -0.2) is 0 Å². The summed E-state index contributed by atoms with van der Waals surface area (Å²) in [6.07, 6.45) is 0. The summed E-state index contributed by atoms with van der Waals surface area (Å²) in [6, 6.07) is 16.0. The van der Waals surface area contributed by atoms with E-state index in [9.17, 15) is 5.11 Å². The molecule has 0 atom stereocenters. The van der Waals surface area contributed by atoms with Crippen molar-refractivity contribution in [1.82, 2.24) is 4.90 Å². The molecule has 118 valence electrons. The van der Waals surface area contributed by atoms with Crippen molar-refractivity contribution >= 4 is 0 Å². The first kappa shape index (κ1) is 16.3. The molecule has 0 unspecified atom stereocenters. The maximum absolute atomic E-state index is 9.32. The summed E-state index contributed by atoms with van der Waals surface area (Å²) in [5.74, 6) is 1.64. The van der Waals surface area contributed by atoms with Gasteiger partial charge in [0.15, 0.2) is 0 Å². The molecular weight excluding hydrogens is 278 g/mol. The van der Waals surface area contributed by atoms with Crippen molar-refractivity contribution in [1.29, 1.82) is 0 Å². The molecule has 0 spiro atoms. The van der Waals surface area contributed by atoms with Gasteiger partial charge in [-0.1, -0.05) is 30.3 Å². The van der Waals surface area contributed by atoms with Crippen molar-refractivity contribution < 1.29 is 14.6 Å². The molecule has 0 aliphatic carbocycles. The average molecular weight is 301 g/mol. The lowest BCUT2D eigenvalue weighted by Crippen LogP contribution is -2.26. The van der Waals surface area contributed by atoms with Crippen LogP contribution in [0.15, 0.2) is 48.5 Å². The Morgan fingerprint density at radius 2 is 1.73 bits per heavy atom.